The van der Waals surface area contributed by atoms with Gasteiger partial charge in [0.25, 0.3) is 5.91 Å². The van der Waals surface area contributed by atoms with E-state index in [1.807, 2.05) is 62.4 Å². The lowest BCUT2D eigenvalue weighted by Gasteiger charge is -2.12. The third-order valence-electron chi connectivity index (χ3n) is 4.08. The second kappa shape index (κ2) is 10.1. The highest BCUT2D eigenvalue weighted by molar-refractivity contribution is 5.99. The van der Waals surface area contributed by atoms with Gasteiger partial charge in [-0.2, -0.15) is 9.90 Å². The lowest BCUT2D eigenvalue weighted by Crippen LogP contribution is -2.25. The van der Waals surface area contributed by atoms with Gasteiger partial charge < -0.3 is 9.47 Å². The number of carbonyl (C=O) groups excluding carboxylic acids is 1. The highest BCUT2D eigenvalue weighted by atomic mass is 16.5. The van der Waals surface area contributed by atoms with Gasteiger partial charge in [0.15, 0.2) is 11.5 Å². The minimum Gasteiger partial charge on any atom is -0.490 e. The summed E-state index contributed by atoms with van der Waals surface area (Å²) >= 11 is 0. The van der Waals surface area contributed by atoms with Crippen LogP contribution in [0.3, 0.4) is 0 Å². The number of tetrazole rings is 1. The van der Waals surface area contributed by atoms with Crippen LogP contribution in [0.15, 0.2) is 53.6 Å². The van der Waals surface area contributed by atoms with Crippen LogP contribution < -0.4 is 14.9 Å². The summed E-state index contributed by atoms with van der Waals surface area (Å²) in [4.78, 5) is 13.4. The van der Waals surface area contributed by atoms with Crippen LogP contribution in [0.2, 0.25) is 0 Å². The second-order valence-corrected chi connectivity index (χ2v) is 6.27. The molecule has 0 aliphatic carbocycles. The molecule has 0 radical (unpaired) electrons. The van der Waals surface area contributed by atoms with E-state index in [0.717, 1.165) is 11.1 Å². The maximum atomic E-state index is 12.2. The summed E-state index contributed by atoms with van der Waals surface area (Å²) in [5.41, 5.74) is 4.79. The van der Waals surface area contributed by atoms with Gasteiger partial charge in [-0.05, 0) is 44.2 Å². The van der Waals surface area contributed by atoms with Gasteiger partial charge in [0.1, 0.15) is 6.54 Å². The van der Waals surface area contributed by atoms with Crippen LogP contribution in [0.1, 0.15) is 26.3 Å². The van der Waals surface area contributed by atoms with E-state index in [0.29, 0.717) is 36.2 Å². The lowest BCUT2D eigenvalue weighted by atomic mass is 10.1. The molecular weight excluding hydrogens is 384 g/mol. The van der Waals surface area contributed by atoms with Crippen LogP contribution in [-0.4, -0.2) is 45.0 Å². The first-order valence-corrected chi connectivity index (χ1v) is 9.67. The van der Waals surface area contributed by atoms with E-state index in [1.54, 1.807) is 6.92 Å². The molecule has 1 aromatic heterocycles. The van der Waals surface area contributed by atoms with E-state index >= 15 is 0 Å². The molecule has 156 valence electrons. The summed E-state index contributed by atoms with van der Waals surface area (Å²) in [7, 11) is 0. The largest absolute Gasteiger partial charge is 0.490 e. The Morgan fingerprint density at radius 3 is 2.53 bits per heavy atom. The predicted molar refractivity (Wildman–Crippen MR) is 112 cm³/mol. The van der Waals surface area contributed by atoms with Crippen LogP contribution in [-0.2, 0) is 11.3 Å². The van der Waals surface area contributed by atoms with Crippen LogP contribution in [0.5, 0.6) is 11.5 Å². The second-order valence-electron chi connectivity index (χ2n) is 6.27. The minimum atomic E-state index is -0.359. The van der Waals surface area contributed by atoms with Crippen LogP contribution in [0.4, 0.5) is 0 Å². The van der Waals surface area contributed by atoms with Gasteiger partial charge in [-0.15, -0.1) is 10.2 Å². The molecule has 0 aliphatic rings. The topological polar surface area (TPSA) is 104 Å². The van der Waals surface area contributed by atoms with Crippen molar-refractivity contribution in [1.82, 2.24) is 25.6 Å². The number of rotatable bonds is 9. The molecule has 3 rings (SSSR count). The summed E-state index contributed by atoms with van der Waals surface area (Å²) in [6.45, 7) is 6.60. The Morgan fingerprint density at radius 2 is 1.80 bits per heavy atom. The van der Waals surface area contributed by atoms with Gasteiger partial charge in [-0.1, -0.05) is 30.3 Å². The average Bonchev–Trinajstić information content (AvgIpc) is 3.22. The molecule has 30 heavy (non-hydrogen) atoms. The molecule has 0 atom stereocenters. The first-order valence-electron chi connectivity index (χ1n) is 9.67. The first kappa shape index (κ1) is 21.0. The molecule has 0 saturated heterocycles. The van der Waals surface area contributed by atoms with Crippen molar-refractivity contribution in [3.05, 3.63) is 54.1 Å². The van der Waals surface area contributed by atoms with E-state index in [9.17, 15) is 4.79 Å². The van der Waals surface area contributed by atoms with Gasteiger partial charge in [-0.3, -0.25) is 4.79 Å². The maximum absolute atomic E-state index is 12.2. The Bertz CT molecular complexity index is 1020. The molecule has 0 unspecified atom stereocenters. The Balaban J connectivity index is 1.63. The van der Waals surface area contributed by atoms with Gasteiger partial charge in [0.2, 0.25) is 5.82 Å². The number of hydrogen-bond donors (Lipinski definition) is 1. The molecule has 1 amide bonds. The predicted octanol–water partition coefficient (Wildman–Crippen LogP) is 2.68. The molecule has 0 saturated carbocycles. The van der Waals surface area contributed by atoms with Crippen molar-refractivity contribution in [1.29, 1.82) is 0 Å². The third kappa shape index (κ3) is 5.40. The zero-order valence-corrected chi connectivity index (χ0v) is 17.2. The van der Waals surface area contributed by atoms with Crippen molar-refractivity contribution < 1.29 is 14.3 Å². The molecule has 0 aliphatic heterocycles. The quantitative estimate of drug-likeness (QED) is 0.431. The molecular formula is C21H24N6O3. The van der Waals surface area contributed by atoms with Crippen molar-refractivity contribution in [2.75, 3.05) is 13.2 Å². The number of hydrogen-bond acceptors (Lipinski definition) is 7. The molecule has 3 aromatic rings. The number of nitrogens with one attached hydrogen (secondary N) is 1. The Hall–Kier alpha value is -3.75. The Labute approximate surface area is 174 Å². The molecule has 2 aromatic carbocycles. The number of carbonyl (C=O) groups is 1. The molecule has 1 N–H and O–H groups in total. The summed E-state index contributed by atoms with van der Waals surface area (Å²) in [5.74, 6) is 1.41. The number of nitrogens with zero attached hydrogens (tertiary/aromatic N) is 5. The zero-order valence-electron chi connectivity index (χ0n) is 17.2. The summed E-state index contributed by atoms with van der Waals surface area (Å²) in [5, 5.41) is 16.3. The van der Waals surface area contributed by atoms with Gasteiger partial charge in [-0.25, -0.2) is 5.43 Å². The third-order valence-corrected chi connectivity index (χ3v) is 4.08. The van der Waals surface area contributed by atoms with Crippen molar-refractivity contribution in [2.24, 2.45) is 5.10 Å². The molecule has 1 heterocycles. The molecule has 9 nitrogen and oxygen atoms in total. The van der Waals surface area contributed by atoms with Crippen LogP contribution in [0, 0.1) is 0 Å². The average molecular weight is 408 g/mol. The summed E-state index contributed by atoms with van der Waals surface area (Å²) in [6.07, 6.45) is 0. The number of hydrazone groups is 1. The van der Waals surface area contributed by atoms with E-state index in [1.165, 1.54) is 4.80 Å². The van der Waals surface area contributed by atoms with E-state index in [4.69, 9.17) is 9.47 Å². The van der Waals surface area contributed by atoms with Gasteiger partial charge in [0, 0.05) is 11.1 Å². The van der Waals surface area contributed by atoms with Crippen LogP contribution in [0.25, 0.3) is 11.4 Å². The minimum absolute atomic E-state index is 0.0932. The van der Waals surface area contributed by atoms with E-state index < -0.39 is 0 Å². The fraction of sp³-hybridized carbons (Fsp3) is 0.286. The lowest BCUT2D eigenvalue weighted by molar-refractivity contribution is -0.122. The maximum Gasteiger partial charge on any atom is 0.263 e. The highest BCUT2D eigenvalue weighted by Gasteiger charge is 2.10. The summed E-state index contributed by atoms with van der Waals surface area (Å²) in [6, 6.07) is 15.0. The van der Waals surface area contributed by atoms with Crippen molar-refractivity contribution in [2.45, 2.75) is 27.3 Å². The smallest absolute Gasteiger partial charge is 0.263 e. The van der Waals surface area contributed by atoms with Crippen molar-refractivity contribution in [3.8, 4) is 22.9 Å². The SMILES string of the molecule is CCOc1ccc(/C(C)=N\NC(=O)Cn2nnc(-c3ccccc3)n2)cc1OCC. The monoisotopic (exact) mass is 408 g/mol. The fourth-order valence-corrected chi connectivity index (χ4v) is 2.66. The standard InChI is InChI=1S/C21H24N6O3/c1-4-29-18-12-11-17(13-19(18)30-5-2)15(3)22-23-20(28)14-27-25-21(24-26-27)16-9-7-6-8-10-16/h6-13H,4-5,14H2,1-3H3,(H,23,28)/b22-15-. The summed E-state index contributed by atoms with van der Waals surface area (Å²) < 4.78 is 11.2. The number of amides is 1. The normalized spacial score (nSPS) is 11.2. The van der Waals surface area contributed by atoms with Crippen LogP contribution >= 0.6 is 0 Å². The number of aromatic nitrogens is 4. The molecule has 0 spiro atoms. The molecule has 0 bridgehead atoms. The highest BCUT2D eigenvalue weighted by Crippen LogP contribution is 2.28. The first-order chi connectivity index (χ1) is 14.6. The fourth-order valence-electron chi connectivity index (χ4n) is 2.66. The van der Waals surface area contributed by atoms with E-state index in [-0.39, 0.29) is 12.5 Å². The van der Waals surface area contributed by atoms with E-state index in [2.05, 4.69) is 25.9 Å². The molecule has 9 heteroatoms. The Kier molecular flexibility index (Phi) is 7.09. The Morgan fingerprint density at radius 1 is 1.07 bits per heavy atom. The number of ether oxygens (including phenoxy) is 2. The zero-order chi connectivity index (χ0) is 21.3. The van der Waals surface area contributed by atoms with Gasteiger partial charge >= 0.3 is 0 Å². The molecule has 0 fully saturated rings. The van der Waals surface area contributed by atoms with Crippen molar-refractivity contribution >= 4 is 11.6 Å². The van der Waals surface area contributed by atoms with Gasteiger partial charge in [0.05, 0.1) is 18.9 Å². The van der Waals surface area contributed by atoms with Crippen molar-refractivity contribution in [3.63, 3.8) is 0 Å². The number of benzene rings is 2.